The molecule has 2 aromatic carbocycles. The summed E-state index contributed by atoms with van der Waals surface area (Å²) in [5.74, 6) is -1.02. The molecule has 0 saturated heterocycles. The van der Waals surface area contributed by atoms with Gasteiger partial charge < -0.3 is 10.1 Å². The largest absolute Gasteiger partial charge is 0.435 e. The van der Waals surface area contributed by atoms with Crippen molar-refractivity contribution < 1.29 is 27.9 Å². The lowest BCUT2D eigenvalue weighted by atomic mass is 10.1. The molecule has 0 saturated carbocycles. The first-order chi connectivity index (χ1) is 13.3. The highest BCUT2D eigenvalue weighted by atomic mass is 19.3. The minimum absolute atomic E-state index is 0.00569. The Morgan fingerprint density at radius 1 is 1.07 bits per heavy atom. The Kier molecular flexibility index (Phi) is 5.67. The number of fused-ring (bicyclic) bond motifs is 1. The number of carbonyl (C=O) groups is 3. The van der Waals surface area contributed by atoms with E-state index in [9.17, 15) is 23.2 Å². The molecular formula is C20H18F2N2O4. The van der Waals surface area contributed by atoms with E-state index in [-0.39, 0.29) is 36.4 Å². The van der Waals surface area contributed by atoms with E-state index < -0.39 is 6.61 Å². The fourth-order valence-corrected chi connectivity index (χ4v) is 2.95. The summed E-state index contributed by atoms with van der Waals surface area (Å²) in [4.78, 5) is 37.9. The number of ether oxygens (including phenoxy) is 1. The predicted molar refractivity (Wildman–Crippen MR) is 97.5 cm³/mol. The Morgan fingerprint density at radius 2 is 1.75 bits per heavy atom. The molecular weight excluding hydrogens is 370 g/mol. The van der Waals surface area contributed by atoms with Crippen LogP contribution in [0, 0.1) is 6.92 Å². The van der Waals surface area contributed by atoms with E-state index in [4.69, 9.17) is 0 Å². The Labute approximate surface area is 160 Å². The molecule has 1 heterocycles. The molecule has 1 N–H and O–H groups in total. The third kappa shape index (κ3) is 4.33. The smallest absolute Gasteiger partial charge is 0.387 e. The van der Waals surface area contributed by atoms with Crippen LogP contribution in [-0.4, -0.2) is 35.8 Å². The Morgan fingerprint density at radius 3 is 2.43 bits per heavy atom. The molecule has 146 valence electrons. The molecule has 0 fully saturated rings. The van der Waals surface area contributed by atoms with Gasteiger partial charge in [-0.05, 0) is 49.7 Å². The average molecular weight is 388 g/mol. The van der Waals surface area contributed by atoms with Gasteiger partial charge in [-0.25, -0.2) is 0 Å². The first-order valence-corrected chi connectivity index (χ1v) is 8.67. The van der Waals surface area contributed by atoms with Crippen LogP contribution in [-0.2, 0) is 4.79 Å². The van der Waals surface area contributed by atoms with Crippen LogP contribution in [0.5, 0.6) is 5.75 Å². The number of rotatable bonds is 7. The summed E-state index contributed by atoms with van der Waals surface area (Å²) in [5.41, 5.74) is 2.10. The van der Waals surface area contributed by atoms with Gasteiger partial charge in [0.2, 0.25) is 5.91 Å². The van der Waals surface area contributed by atoms with Gasteiger partial charge in [0.05, 0.1) is 11.1 Å². The number of alkyl halides is 2. The van der Waals surface area contributed by atoms with E-state index in [0.717, 1.165) is 10.5 Å². The number of nitrogens with zero attached hydrogens (tertiary/aromatic N) is 1. The van der Waals surface area contributed by atoms with Gasteiger partial charge in [0.25, 0.3) is 11.8 Å². The standard InChI is InChI=1S/C20H18F2N2O4/c1-12-4-9-15-16(11-12)19(27)24(18(15)26)10-2-3-17(25)23-13-5-7-14(8-6-13)28-20(21)22/h4-9,11,20H,2-3,10H2,1H3,(H,23,25). The van der Waals surface area contributed by atoms with Crippen LogP contribution in [0.3, 0.4) is 0 Å². The fourth-order valence-electron chi connectivity index (χ4n) is 2.95. The van der Waals surface area contributed by atoms with Crippen molar-refractivity contribution in [3.05, 3.63) is 59.2 Å². The summed E-state index contributed by atoms with van der Waals surface area (Å²) in [7, 11) is 0. The molecule has 0 unspecified atom stereocenters. The van der Waals surface area contributed by atoms with Gasteiger partial charge in [0.1, 0.15) is 5.75 Å². The average Bonchev–Trinajstić information content (AvgIpc) is 2.87. The summed E-state index contributed by atoms with van der Waals surface area (Å²) in [6.45, 7) is -0.927. The van der Waals surface area contributed by atoms with Gasteiger partial charge >= 0.3 is 6.61 Å². The molecule has 0 spiro atoms. The number of nitrogens with one attached hydrogen (secondary N) is 1. The molecule has 1 aliphatic heterocycles. The molecule has 28 heavy (non-hydrogen) atoms. The number of halogens is 2. The van der Waals surface area contributed by atoms with Crippen LogP contribution in [0.15, 0.2) is 42.5 Å². The Hall–Kier alpha value is -3.29. The minimum atomic E-state index is -2.91. The van der Waals surface area contributed by atoms with Gasteiger partial charge in [0, 0.05) is 18.7 Å². The molecule has 3 amide bonds. The number of benzene rings is 2. The summed E-state index contributed by atoms with van der Waals surface area (Å²) in [6.07, 6.45) is 0.407. The van der Waals surface area contributed by atoms with Crippen LogP contribution in [0.1, 0.15) is 39.1 Å². The molecule has 0 radical (unpaired) electrons. The van der Waals surface area contributed by atoms with E-state index in [1.165, 1.54) is 24.3 Å². The Balaban J connectivity index is 1.49. The maximum atomic E-state index is 12.4. The van der Waals surface area contributed by atoms with E-state index in [1.54, 1.807) is 18.2 Å². The molecule has 1 aliphatic rings. The maximum absolute atomic E-state index is 12.4. The van der Waals surface area contributed by atoms with Crippen molar-refractivity contribution in [3.8, 4) is 5.75 Å². The van der Waals surface area contributed by atoms with Crippen molar-refractivity contribution in [2.75, 3.05) is 11.9 Å². The van der Waals surface area contributed by atoms with E-state index in [1.807, 2.05) is 6.92 Å². The number of amides is 3. The molecule has 8 heteroatoms. The summed E-state index contributed by atoms with van der Waals surface area (Å²) in [6, 6.07) is 10.6. The number of imide groups is 1. The van der Waals surface area contributed by atoms with Crippen LogP contribution < -0.4 is 10.1 Å². The summed E-state index contributed by atoms with van der Waals surface area (Å²) < 4.78 is 28.5. The molecule has 0 aliphatic carbocycles. The normalized spacial score (nSPS) is 13.1. The van der Waals surface area contributed by atoms with Gasteiger partial charge in [-0.2, -0.15) is 8.78 Å². The van der Waals surface area contributed by atoms with E-state index in [0.29, 0.717) is 23.2 Å². The van der Waals surface area contributed by atoms with Crippen LogP contribution in [0.4, 0.5) is 14.5 Å². The lowest BCUT2D eigenvalue weighted by Crippen LogP contribution is -2.31. The second-order valence-electron chi connectivity index (χ2n) is 6.37. The van der Waals surface area contributed by atoms with Gasteiger partial charge in [-0.3, -0.25) is 19.3 Å². The molecule has 6 nitrogen and oxygen atoms in total. The molecule has 3 rings (SSSR count). The van der Waals surface area contributed by atoms with Crippen molar-refractivity contribution in [1.29, 1.82) is 0 Å². The van der Waals surface area contributed by atoms with Gasteiger partial charge in [0.15, 0.2) is 0 Å². The van der Waals surface area contributed by atoms with Crippen molar-refractivity contribution in [2.45, 2.75) is 26.4 Å². The SMILES string of the molecule is Cc1ccc2c(c1)C(=O)N(CCCC(=O)Nc1ccc(OC(F)F)cc1)C2=O. The monoisotopic (exact) mass is 388 g/mol. The van der Waals surface area contributed by atoms with Crippen molar-refractivity contribution in [1.82, 2.24) is 4.90 Å². The maximum Gasteiger partial charge on any atom is 0.387 e. The van der Waals surface area contributed by atoms with Crippen molar-refractivity contribution >= 4 is 23.4 Å². The molecule has 2 aromatic rings. The van der Waals surface area contributed by atoms with Gasteiger partial charge in [-0.15, -0.1) is 0 Å². The summed E-state index contributed by atoms with van der Waals surface area (Å²) >= 11 is 0. The van der Waals surface area contributed by atoms with E-state index >= 15 is 0 Å². The summed E-state index contributed by atoms with van der Waals surface area (Å²) in [5, 5.41) is 2.62. The first-order valence-electron chi connectivity index (χ1n) is 8.67. The highest BCUT2D eigenvalue weighted by Crippen LogP contribution is 2.24. The molecule has 0 atom stereocenters. The number of anilines is 1. The Bertz CT molecular complexity index is 913. The minimum Gasteiger partial charge on any atom is -0.435 e. The van der Waals surface area contributed by atoms with Crippen LogP contribution >= 0.6 is 0 Å². The highest BCUT2D eigenvalue weighted by Gasteiger charge is 2.34. The second-order valence-corrected chi connectivity index (χ2v) is 6.37. The fraction of sp³-hybridized carbons (Fsp3) is 0.250. The number of carbonyl (C=O) groups excluding carboxylic acids is 3. The lowest BCUT2D eigenvalue weighted by molar-refractivity contribution is -0.116. The molecule has 0 aromatic heterocycles. The lowest BCUT2D eigenvalue weighted by Gasteiger charge is -2.13. The zero-order valence-electron chi connectivity index (χ0n) is 15.1. The topological polar surface area (TPSA) is 75.7 Å². The van der Waals surface area contributed by atoms with Crippen molar-refractivity contribution in [2.24, 2.45) is 0 Å². The van der Waals surface area contributed by atoms with Gasteiger partial charge in [-0.1, -0.05) is 11.6 Å². The van der Waals surface area contributed by atoms with Crippen LogP contribution in [0.25, 0.3) is 0 Å². The highest BCUT2D eigenvalue weighted by molar-refractivity contribution is 6.21. The second kappa shape index (κ2) is 8.16. The quantitative estimate of drug-likeness (QED) is 0.736. The third-order valence-corrected chi connectivity index (χ3v) is 4.27. The number of hydrogen-bond acceptors (Lipinski definition) is 4. The third-order valence-electron chi connectivity index (χ3n) is 4.27. The van der Waals surface area contributed by atoms with E-state index in [2.05, 4.69) is 10.1 Å². The van der Waals surface area contributed by atoms with Crippen molar-refractivity contribution in [3.63, 3.8) is 0 Å². The first kappa shape index (κ1) is 19.5. The van der Waals surface area contributed by atoms with Crippen LogP contribution in [0.2, 0.25) is 0 Å². The zero-order chi connectivity index (χ0) is 20.3. The number of hydrogen-bond donors (Lipinski definition) is 1. The number of aryl methyl sites for hydroxylation is 1. The molecule has 0 bridgehead atoms. The predicted octanol–water partition coefficient (Wildman–Crippen LogP) is 3.61. The zero-order valence-corrected chi connectivity index (χ0v) is 15.1.